The largest absolute Gasteiger partial charge is 0.490 e. The third-order valence-electron chi connectivity index (χ3n) is 1.90. The molecule has 3 nitrogen and oxygen atoms in total. The number of ether oxygens (including phenoxy) is 1. The highest BCUT2D eigenvalue weighted by Crippen LogP contribution is 2.18. The molecule has 0 aliphatic heterocycles. The van der Waals surface area contributed by atoms with Gasteiger partial charge >= 0.3 is 0 Å². The predicted molar refractivity (Wildman–Crippen MR) is 52.9 cm³/mol. The van der Waals surface area contributed by atoms with Crippen LogP contribution < -0.4 is 4.74 Å². The summed E-state index contributed by atoms with van der Waals surface area (Å²) >= 11 is 0. The second-order valence-electron chi connectivity index (χ2n) is 3.36. The standard InChI is InChI=1S/C11H12FNO2/c1-8(6-14)7-15-11-3-2-9(5-13)4-10(11)12/h2-4,8,14H,6-7H2,1H3. The van der Waals surface area contributed by atoms with Crippen molar-refractivity contribution in [1.82, 2.24) is 0 Å². The van der Waals surface area contributed by atoms with Gasteiger partial charge in [-0.25, -0.2) is 4.39 Å². The molecule has 0 aliphatic carbocycles. The van der Waals surface area contributed by atoms with E-state index in [4.69, 9.17) is 15.1 Å². The van der Waals surface area contributed by atoms with Gasteiger partial charge in [-0.1, -0.05) is 6.92 Å². The average molecular weight is 209 g/mol. The van der Waals surface area contributed by atoms with Crippen molar-refractivity contribution >= 4 is 0 Å². The summed E-state index contributed by atoms with van der Waals surface area (Å²) in [6.45, 7) is 2.04. The van der Waals surface area contributed by atoms with Crippen LogP contribution in [0.25, 0.3) is 0 Å². The van der Waals surface area contributed by atoms with Crippen molar-refractivity contribution < 1.29 is 14.2 Å². The van der Waals surface area contributed by atoms with Gasteiger partial charge in [0.1, 0.15) is 0 Å². The molecule has 0 spiro atoms. The van der Waals surface area contributed by atoms with Crippen molar-refractivity contribution in [3.8, 4) is 11.8 Å². The van der Waals surface area contributed by atoms with Gasteiger partial charge in [-0.05, 0) is 18.2 Å². The summed E-state index contributed by atoms with van der Waals surface area (Å²) in [5.41, 5.74) is 0.259. The minimum Gasteiger partial charge on any atom is -0.490 e. The molecule has 1 unspecified atom stereocenters. The number of rotatable bonds is 4. The van der Waals surface area contributed by atoms with Crippen LogP contribution >= 0.6 is 0 Å². The van der Waals surface area contributed by atoms with Crippen molar-refractivity contribution in [3.63, 3.8) is 0 Å². The fraction of sp³-hybridized carbons (Fsp3) is 0.364. The highest BCUT2D eigenvalue weighted by Gasteiger charge is 2.06. The maximum absolute atomic E-state index is 13.3. The van der Waals surface area contributed by atoms with E-state index in [9.17, 15) is 4.39 Å². The summed E-state index contributed by atoms with van der Waals surface area (Å²) < 4.78 is 18.4. The maximum Gasteiger partial charge on any atom is 0.166 e. The van der Waals surface area contributed by atoms with Gasteiger partial charge in [0, 0.05) is 12.5 Å². The Labute approximate surface area is 87.7 Å². The molecule has 1 aromatic rings. The summed E-state index contributed by atoms with van der Waals surface area (Å²) in [6.07, 6.45) is 0. The van der Waals surface area contributed by atoms with Crippen LogP contribution in [0.3, 0.4) is 0 Å². The van der Waals surface area contributed by atoms with E-state index in [0.29, 0.717) is 0 Å². The lowest BCUT2D eigenvalue weighted by Gasteiger charge is -2.10. The topological polar surface area (TPSA) is 53.2 Å². The van der Waals surface area contributed by atoms with Crippen LogP contribution in [0.1, 0.15) is 12.5 Å². The maximum atomic E-state index is 13.3. The van der Waals surface area contributed by atoms with Gasteiger partial charge in [-0.2, -0.15) is 5.26 Å². The molecule has 80 valence electrons. The van der Waals surface area contributed by atoms with Gasteiger partial charge in [-0.15, -0.1) is 0 Å². The average Bonchev–Trinajstić information content (AvgIpc) is 2.26. The van der Waals surface area contributed by atoms with E-state index in [1.807, 2.05) is 6.07 Å². The van der Waals surface area contributed by atoms with E-state index in [0.717, 1.165) is 6.07 Å². The Kier molecular flexibility index (Phi) is 4.07. The minimum atomic E-state index is -0.556. The van der Waals surface area contributed by atoms with Gasteiger partial charge in [0.15, 0.2) is 11.6 Å². The van der Waals surface area contributed by atoms with Crippen molar-refractivity contribution in [3.05, 3.63) is 29.6 Å². The first kappa shape index (κ1) is 11.5. The number of benzene rings is 1. The van der Waals surface area contributed by atoms with Crippen LogP contribution in [0.2, 0.25) is 0 Å². The van der Waals surface area contributed by atoms with E-state index >= 15 is 0 Å². The smallest absolute Gasteiger partial charge is 0.166 e. The minimum absolute atomic E-state index is 0.00209. The Bertz CT molecular complexity index is 373. The Morgan fingerprint density at radius 2 is 2.33 bits per heavy atom. The molecule has 4 heteroatoms. The van der Waals surface area contributed by atoms with E-state index < -0.39 is 5.82 Å². The molecule has 0 bridgehead atoms. The molecule has 1 atom stereocenters. The van der Waals surface area contributed by atoms with E-state index in [1.165, 1.54) is 12.1 Å². The lowest BCUT2D eigenvalue weighted by Crippen LogP contribution is -2.12. The van der Waals surface area contributed by atoms with Gasteiger partial charge in [0.05, 0.1) is 18.2 Å². The number of hydrogen-bond acceptors (Lipinski definition) is 3. The molecule has 1 aromatic carbocycles. The van der Waals surface area contributed by atoms with E-state index in [-0.39, 0.29) is 30.4 Å². The molecule has 0 aliphatic rings. The number of nitriles is 1. The lowest BCUT2D eigenvalue weighted by atomic mass is 10.2. The molecular formula is C11H12FNO2. The first-order valence-corrected chi connectivity index (χ1v) is 4.60. The number of aliphatic hydroxyl groups excluding tert-OH is 1. The van der Waals surface area contributed by atoms with E-state index in [2.05, 4.69) is 0 Å². The molecule has 0 fully saturated rings. The Hall–Kier alpha value is -1.60. The Morgan fingerprint density at radius 3 is 2.87 bits per heavy atom. The van der Waals surface area contributed by atoms with E-state index in [1.54, 1.807) is 6.92 Å². The van der Waals surface area contributed by atoms with Crippen LogP contribution in [0.4, 0.5) is 4.39 Å². The number of aliphatic hydroxyl groups is 1. The van der Waals surface area contributed by atoms with Crippen LogP contribution in [-0.2, 0) is 0 Å². The fourth-order valence-corrected chi connectivity index (χ4v) is 0.972. The Morgan fingerprint density at radius 1 is 1.60 bits per heavy atom. The first-order valence-electron chi connectivity index (χ1n) is 4.60. The SMILES string of the molecule is CC(CO)COc1ccc(C#N)cc1F. The quantitative estimate of drug-likeness (QED) is 0.821. The molecule has 0 amide bonds. The predicted octanol–water partition coefficient (Wildman–Crippen LogP) is 1.70. The molecule has 0 radical (unpaired) electrons. The summed E-state index contributed by atoms with van der Waals surface area (Å²) in [7, 11) is 0. The highest BCUT2D eigenvalue weighted by molar-refractivity contribution is 5.35. The normalized spacial score (nSPS) is 11.9. The van der Waals surface area contributed by atoms with Crippen LogP contribution in [0.5, 0.6) is 5.75 Å². The van der Waals surface area contributed by atoms with Crippen molar-refractivity contribution in [2.45, 2.75) is 6.92 Å². The zero-order valence-corrected chi connectivity index (χ0v) is 8.40. The number of nitrogens with zero attached hydrogens (tertiary/aromatic N) is 1. The molecule has 1 N–H and O–H groups in total. The summed E-state index contributed by atoms with van der Waals surface area (Å²) in [5, 5.41) is 17.3. The van der Waals surface area contributed by atoms with Gasteiger partial charge in [-0.3, -0.25) is 0 Å². The molecule has 0 saturated carbocycles. The summed E-state index contributed by atoms with van der Waals surface area (Å²) in [4.78, 5) is 0. The van der Waals surface area contributed by atoms with Crippen molar-refractivity contribution in [2.24, 2.45) is 5.92 Å². The molecule has 0 aromatic heterocycles. The second kappa shape index (κ2) is 5.32. The molecule has 0 heterocycles. The monoisotopic (exact) mass is 209 g/mol. The van der Waals surface area contributed by atoms with Gasteiger partial charge < -0.3 is 9.84 Å². The zero-order valence-electron chi connectivity index (χ0n) is 8.40. The number of halogens is 1. The van der Waals surface area contributed by atoms with Gasteiger partial charge in [0.25, 0.3) is 0 Å². The molecular weight excluding hydrogens is 197 g/mol. The fourth-order valence-electron chi connectivity index (χ4n) is 0.972. The van der Waals surface area contributed by atoms with Gasteiger partial charge in [0.2, 0.25) is 0 Å². The summed E-state index contributed by atoms with van der Waals surface area (Å²) in [6, 6.07) is 5.86. The van der Waals surface area contributed by atoms with Crippen LogP contribution in [0.15, 0.2) is 18.2 Å². The van der Waals surface area contributed by atoms with Crippen molar-refractivity contribution in [1.29, 1.82) is 5.26 Å². The van der Waals surface area contributed by atoms with Crippen LogP contribution in [0, 0.1) is 23.1 Å². The molecule has 0 saturated heterocycles. The highest BCUT2D eigenvalue weighted by atomic mass is 19.1. The van der Waals surface area contributed by atoms with Crippen LogP contribution in [-0.4, -0.2) is 18.3 Å². The number of hydrogen-bond donors (Lipinski definition) is 1. The zero-order chi connectivity index (χ0) is 11.3. The molecule has 1 rings (SSSR count). The first-order chi connectivity index (χ1) is 7.17. The Balaban J connectivity index is 2.67. The third-order valence-corrected chi connectivity index (χ3v) is 1.90. The lowest BCUT2D eigenvalue weighted by molar-refractivity contribution is 0.171. The van der Waals surface area contributed by atoms with Crippen molar-refractivity contribution in [2.75, 3.05) is 13.2 Å². The summed E-state index contributed by atoms with van der Waals surface area (Å²) in [5.74, 6) is -0.492. The third kappa shape index (κ3) is 3.22. The second-order valence-corrected chi connectivity index (χ2v) is 3.36. The molecule has 15 heavy (non-hydrogen) atoms.